The average Bonchev–Trinajstić information content (AvgIpc) is 2.66. The fraction of sp³-hybridized carbons (Fsp3) is 0.458. The van der Waals surface area contributed by atoms with Gasteiger partial charge in [-0.05, 0) is 63.6 Å². The van der Waals surface area contributed by atoms with Crippen LogP contribution in [0.15, 0.2) is 36.4 Å². The predicted molar refractivity (Wildman–Crippen MR) is 108 cm³/mol. The largest absolute Gasteiger partial charge is 0.545 e. The smallest absolute Gasteiger partial charge is 0.183 e. The van der Waals surface area contributed by atoms with E-state index in [1.54, 1.807) is 20.3 Å². The van der Waals surface area contributed by atoms with Gasteiger partial charge in [-0.2, -0.15) is 0 Å². The van der Waals surface area contributed by atoms with Crippen LogP contribution in [0.3, 0.4) is 0 Å². The molecule has 0 aromatic heterocycles. The van der Waals surface area contributed by atoms with Gasteiger partial charge in [0.25, 0.3) is 0 Å². The summed E-state index contributed by atoms with van der Waals surface area (Å²) in [5.74, 6) is -1.16. The minimum absolute atomic E-state index is 0.0760. The van der Waals surface area contributed by atoms with Crippen molar-refractivity contribution in [2.24, 2.45) is 0 Å². The molecule has 28 heavy (non-hydrogen) atoms. The van der Waals surface area contributed by atoms with Crippen molar-refractivity contribution in [3.05, 3.63) is 58.7 Å². The van der Waals surface area contributed by atoms with Crippen LogP contribution in [0.25, 0.3) is 11.1 Å². The van der Waals surface area contributed by atoms with Gasteiger partial charge in [-0.3, -0.25) is 0 Å². The van der Waals surface area contributed by atoms with Crippen LogP contribution < -0.4 is 5.11 Å². The molecule has 4 heteroatoms. The molecular weight excluding hydrogens is 352 g/mol. The van der Waals surface area contributed by atoms with Crippen LogP contribution in [-0.2, 0) is 20.3 Å². The number of carbonyl (C=O) groups excluding carboxylic acids is 1. The van der Waals surface area contributed by atoms with Crippen molar-refractivity contribution in [2.45, 2.75) is 57.7 Å². The third kappa shape index (κ3) is 3.47. The van der Waals surface area contributed by atoms with E-state index in [9.17, 15) is 9.90 Å². The summed E-state index contributed by atoms with van der Waals surface area (Å²) >= 11 is 0. The first-order valence-corrected chi connectivity index (χ1v) is 9.67. The molecule has 3 rings (SSSR count). The van der Waals surface area contributed by atoms with Crippen molar-refractivity contribution < 1.29 is 19.4 Å². The van der Waals surface area contributed by atoms with E-state index in [2.05, 4.69) is 27.7 Å². The van der Waals surface area contributed by atoms with E-state index >= 15 is 0 Å². The Bertz CT molecular complexity index is 891. The van der Waals surface area contributed by atoms with Gasteiger partial charge in [-0.25, -0.2) is 0 Å². The van der Waals surface area contributed by atoms with Crippen LogP contribution in [0, 0.1) is 0 Å². The topological polar surface area (TPSA) is 58.6 Å². The molecule has 0 amide bonds. The Morgan fingerprint density at radius 3 is 2.18 bits per heavy atom. The van der Waals surface area contributed by atoms with Gasteiger partial charge < -0.3 is 19.4 Å². The van der Waals surface area contributed by atoms with Crippen LogP contribution in [0.2, 0.25) is 0 Å². The molecule has 4 nitrogen and oxygen atoms in total. The Kier molecular flexibility index (Phi) is 5.39. The molecule has 2 aromatic rings. The molecular formula is C24H29O4-. The van der Waals surface area contributed by atoms with Crippen molar-refractivity contribution >= 4 is 5.97 Å². The minimum Gasteiger partial charge on any atom is -0.545 e. The van der Waals surface area contributed by atoms with E-state index in [0.29, 0.717) is 0 Å². The lowest BCUT2D eigenvalue weighted by Gasteiger charge is -2.43. The summed E-state index contributed by atoms with van der Waals surface area (Å²) in [4.78, 5) is 11.8. The number of fused-ring (bicyclic) bond motifs is 1. The van der Waals surface area contributed by atoms with Crippen LogP contribution in [0.1, 0.15) is 73.9 Å². The van der Waals surface area contributed by atoms with Crippen LogP contribution in [0.5, 0.6) is 0 Å². The van der Waals surface area contributed by atoms with E-state index in [0.717, 1.165) is 35.1 Å². The van der Waals surface area contributed by atoms with Crippen molar-refractivity contribution in [3.63, 3.8) is 0 Å². The van der Waals surface area contributed by atoms with Gasteiger partial charge in [-0.1, -0.05) is 52.0 Å². The molecule has 0 bridgehead atoms. The number of methoxy groups -OCH3 is 2. The standard InChI is InChI=1S/C24H30O4/c1-23(2)11-12-24(3,4)20-18(13-15(21(25)26)14-19(20)23)16-9-7-8-10-17(16)22(27-5)28-6/h7-10,13-14,22H,11-12H2,1-6H3,(H,25,26)/p-1. The zero-order chi connectivity index (χ0) is 20.7. The second-order valence-corrected chi connectivity index (χ2v) is 8.89. The summed E-state index contributed by atoms with van der Waals surface area (Å²) in [5, 5.41) is 11.8. The number of rotatable bonds is 5. The Hall–Kier alpha value is -2.17. The summed E-state index contributed by atoms with van der Waals surface area (Å²) in [6, 6.07) is 11.4. The molecule has 2 aromatic carbocycles. The van der Waals surface area contributed by atoms with Gasteiger partial charge in [0.15, 0.2) is 6.29 Å². The number of carboxylic acids is 1. The number of hydrogen-bond acceptors (Lipinski definition) is 4. The maximum atomic E-state index is 11.8. The monoisotopic (exact) mass is 381 g/mol. The highest BCUT2D eigenvalue weighted by molar-refractivity contribution is 5.90. The number of carboxylic acid groups (broad SMARTS) is 1. The Balaban J connectivity index is 2.40. The zero-order valence-corrected chi connectivity index (χ0v) is 17.6. The first kappa shape index (κ1) is 20.6. The summed E-state index contributed by atoms with van der Waals surface area (Å²) in [5.41, 5.74) is 5.04. The van der Waals surface area contributed by atoms with E-state index < -0.39 is 12.3 Å². The predicted octanol–water partition coefficient (Wildman–Crippen LogP) is 4.36. The highest BCUT2D eigenvalue weighted by Gasteiger charge is 2.39. The lowest BCUT2D eigenvalue weighted by atomic mass is 9.61. The van der Waals surface area contributed by atoms with Gasteiger partial charge >= 0.3 is 0 Å². The summed E-state index contributed by atoms with van der Waals surface area (Å²) in [7, 11) is 3.20. The second-order valence-electron chi connectivity index (χ2n) is 8.89. The van der Waals surface area contributed by atoms with Crippen LogP contribution in [-0.4, -0.2) is 20.2 Å². The lowest BCUT2D eigenvalue weighted by Crippen LogP contribution is -2.35. The van der Waals surface area contributed by atoms with Gasteiger partial charge in [-0.15, -0.1) is 0 Å². The van der Waals surface area contributed by atoms with Crippen molar-refractivity contribution in [1.82, 2.24) is 0 Å². The zero-order valence-electron chi connectivity index (χ0n) is 17.6. The van der Waals surface area contributed by atoms with E-state index in [1.807, 2.05) is 30.3 Å². The quantitative estimate of drug-likeness (QED) is 0.722. The van der Waals surface area contributed by atoms with Crippen molar-refractivity contribution in [3.8, 4) is 11.1 Å². The average molecular weight is 381 g/mol. The molecule has 0 fully saturated rings. The van der Waals surface area contributed by atoms with Crippen LogP contribution in [0.4, 0.5) is 0 Å². The maximum absolute atomic E-state index is 11.8. The Labute approximate surface area is 167 Å². The van der Waals surface area contributed by atoms with E-state index in [1.165, 1.54) is 5.56 Å². The fourth-order valence-corrected chi connectivity index (χ4v) is 4.42. The highest BCUT2D eigenvalue weighted by atomic mass is 16.7. The molecule has 1 aliphatic rings. The molecule has 150 valence electrons. The fourth-order valence-electron chi connectivity index (χ4n) is 4.42. The number of hydrogen-bond donors (Lipinski definition) is 0. The SMILES string of the molecule is COC(OC)c1ccccc1-c1cc(C(=O)[O-])cc2c1C(C)(C)CCC2(C)C. The third-order valence-corrected chi connectivity index (χ3v) is 6.09. The molecule has 0 N–H and O–H groups in total. The molecule has 0 heterocycles. The van der Waals surface area contributed by atoms with Gasteiger partial charge in [0, 0.05) is 19.8 Å². The first-order chi connectivity index (χ1) is 13.1. The summed E-state index contributed by atoms with van der Waals surface area (Å²) in [6.07, 6.45) is 1.51. The Morgan fingerprint density at radius 1 is 0.964 bits per heavy atom. The first-order valence-electron chi connectivity index (χ1n) is 9.67. The number of ether oxygens (including phenoxy) is 2. The number of benzene rings is 2. The second kappa shape index (κ2) is 7.34. The molecule has 0 saturated carbocycles. The van der Waals surface area contributed by atoms with Crippen molar-refractivity contribution in [1.29, 1.82) is 0 Å². The third-order valence-electron chi connectivity index (χ3n) is 6.09. The minimum atomic E-state index is -1.16. The molecule has 0 radical (unpaired) electrons. The molecule has 0 unspecified atom stereocenters. The highest BCUT2D eigenvalue weighted by Crippen LogP contribution is 2.50. The van der Waals surface area contributed by atoms with Gasteiger partial charge in [0.05, 0.1) is 5.97 Å². The lowest BCUT2D eigenvalue weighted by molar-refractivity contribution is -0.255. The Morgan fingerprint density at radius 2 is 1.57 bits per heavy atom. The van der Waals surface area contributed by atoms with Gasteiger partial charge in [0.2, 0.25) is 0 Å². The van der Waals surface area contributed by atoms with E-state index in [4.69, 9.17) is 9.47 Å². The van der Waals surface area contributed by atoms with Crippen molar-refractivity contribution in [2.75, 3.05) is 14.2 Å². The van der Waals surface area contributed by atoms with Gasteiger partial charge in [0.1, 0.15) is 0 Å². The molecule has 1 aliphatic carbocycles. The normalized spacial score (nSPS) is 17.4. The molecule has 0 aliphatic heterocycles. The van der Waals surface area contributed by atoms with E-state index in [-0.39, 0.29) is 16.4 Å². The molecule has 0 spiro atoms. The van der Waals surface area contributed by atoms with Crippen LogP contribution >= 0.6 is 0 Å². The number of aromatic carboxylic acids is 1. The summed E-state index contributed by atoms with van der Waals surface area (Å²) < 4.78 is 11.0. The number of carbonyl (C=O) groups is 1. The maximum Gasteiger partial charge on any atom is 0.183 e. The molecule has 0 saturated heterocycles. The summed E-state index contributed by atoms with van der Waals surface area (Å²) in [6.45, 7) is 8.83. The molecule has 0 atom stereocenters.